The lowest BCUT2D eigenvalue weighted by Crippen LogP contribution is -2.43. The molecule has 18 heavy (non-hydrogen) atoms. The van der Waals surface area contributed by atoms with Crippen molar-refractivity contribution in [2.45, 2.75) is 57.5 Å². The Labute approximate surface area is 110 Å². The van der Waals surface area contributed by atoms with E-state index in [-0.39, 0.29) is 28.5 Å². The summed E-state index contributed by atoms with van der Waals surface area (Å²) < 4.78 is 25.2. The van der Waals surface area contributed by atoms with Gasteiger partial charge >= 0.3 is 0 Å². The van der Waals surface area contributed by atoms with Gasteiger partial charge in [0.15, 0.2) is 8.32 Å². The summed E-state index contributed by atoms with van der Waals surface area (Å²) in [7, 11) is -1.71. The average Bonchev–Trinajstić information content (AvgIpc) is 3.06. The number of fused-ring (bicyclic) bond motifs is 3. The van der Waals surface area contributed by atoms with E-state index in [4.69, 9.17) is 9.16 Å². The van der Waals surface area contributed by atoms with Crippen molar-refractivity contribution in [1.29, 1.82) is 0 Å². The van der Waals surface area contributed by atoms with Crippen molar-refractivity contribution in [3.63, 3.8) is 0 Å². The second-order valence-electron chi connectivity index (χ2n) is 7.62. The number of hydrogen-bond donors (Lipinski definition) is 0. The van der Waals surface area contributed by atoms with Gasteiger partial charge in [-0.05, 0) is 36.5 Å². The van der Waals surface area contributed by atoms with Gasteiger partial charge in [0.25, 0.3) is 0 Å². The smallest absolute Gasteiger partial charge is 0.192 e. The van der Waals surface area contributed by atoms with Crippen molar-refractivity contribution in [2.24, 2.45) is 11.3 Å². The van der Waals surface area contributed by atoms with Crippen LogP contribution in [0.5, 0.6) is 0 Å². The van der Waals surface area contributed by atoms with E-state index < -0.39 is 8.32 Å². The zero-order valence-electron chi connectivity index (χ0n) is 11.9. The molecule has 102 valence electrons. The third-order valence-corrected chi connectivity index (χ3v) is 9.86. The molecule has 0 amide bonds. The van der Waals surface area contributed by atoms with Crippen molar-refractivity contribution in [1.82, 2.24) is 0 Å². The molecule has 1 saturated carbocycles. The molecule has 2 fully saturated rings. The van der Waals surface area contributed by atoms with Crippen LogP contribution in [0.3, 0.4) is 0 Å². The van der Waals surface area contributed by atoms with Crippen LogP contribution in [-0.4, -0.2) is 27.1 Å². The van der Waals surface area contributed by atoms with Crippen LogP contribution >= 0.6 is 0 Å². The Morgan fingerprint density at radius 1 is 1.50 bits per heavy atom. The first-order chi connectivity index (χ1) is 8.17. The molecular formula is C14H23FO2Si. The van der Waals surface area contributed by atoms with Gasteiger partial charge < -0.3 is 9.16 Å². The van der Waals surface area contributed by atoms with Crippen LogP contribution in [0.15, 0.2) is 11.9 Å². The minimum absolute atomic E-state index is 0.0505. The van der Waals surface area contributed by atoms with Crippen LogP contribution in [0.4, 0.5) is 4.39 Å². The molecule has 0 bridgehead atoms. The number of epoxide rings is 1. The Hall–Kier alpha value is -0.193. The van der Waals surface area contributed by atoms with E-state index in [2.05, 4.69) is 33.9 Å². The molecule has 0 spiro atoms. The Kier molecular flexibility index (Phi) is 2.47. The fraction of sp³-hybridized carbons (Fsp3) is 0.857. The maximum atomic E-state index is 13.4. The van der Waals surface area contributed by atoms with Gasteiger partial charge in [-0.1, -0.05) is 20.8 Å². The minimum atomic E-state index is -1.71. The number of ether oxygens (including phenoxy) is 1. The van der Waals surface area contributed by atoms with Gasteiger partial charge in [-0.25, -0.2) is 4.39 Å². The van der Waals surface area contributed by atoms with E-state index in [0.29, 0.717) is 5.92 Å². The maximum absolute atomic E-state index is 13.4. The quantitative estimate of drug-likeness (QED) is 0.577. The summed E-state index contributed by atoms with van der Waals surface area (Å²) in [5.41, 5.74) is 0.107. The van der Waals surface area contributed by atoms with E-state index in [1.54, 1.807) is 6.08 Å². The summed E-state index contributed by atoms with van der Waals surface area (Å²) in [6, 6.07) is 0. The lowest BCUT2D eigenvalue weighted by molar-refractivity contribution is 0.172. The topological polar surface area (TPSA) is 21.8 Å². The van der Waals surface area contributed by atoms with Crippen LogP contribution in [0, 0.1) is 11.3 Å². The average molecular weight is 270 g/mol. The summed E-state index contributed by atoms with van der Waals surface area (Å²) in [4.78, 5) is 0. The zero-order chi connectivity index (χ0) is 13.3. The van der Waals surface area contributed by atoms with Crippen LogP contribution in [-0.2, 0) is 9.16 Å². The molecule has 0 radical (unpaired) electrons. The molecule has 4 heteroatoms. The Morgan fingerprint density at radius 3 is 2.78 bits per heavy atom. The predicted molar refractivity (Wildman–Crippen MR) is 71.5 cm³/mol. The minimum Gasteiger partial charge on any atom is -0.416 e. The Bertz CT molecular complexity index is 413. The van der Waals surface area contributed by atoms with Crippen LogP contribution in [0.25, 0.3) is 0 Å². The van der Waals surface area contributed by atoms with E-state index in [0.717, 1.165) is 13.0 Å². The third-order valence-electron chi connectivity index (χ3n) is 5.38. The maximum Gasteiger partial charge on any atom is 0.192 e. The van der Waals surface area contributed by atoms with Gasteiger partial charge in [0.05, 0.1) is 6.10 Å². The molecule has 0 aromatic rings. The zero-order valence-corrected chi connectivity index (χ0v) is 12.9. The van der Waals surface area contributed by atoms with Gasteiger partial charge in [-0.2, -0.15) is 0 Å². The van der Waals surface area contributed by atoms with E-state index >= 15 is 0 Å². The first kappa shape index (κ1) is 12.8. The first-order valence-corrected chi connectivity index (χ1v) is 9.75. The predicted octanol–water partition coefficient (Wildman–Crippen LogP) is 3.65. The summed E-state index contributed by atoms with van der Waals surface area (Å²) in [5.74, 6) is 0.302. The standard InChI is InChI=1S/C14H23FO2Si/c1-13(2,3)18(4,5)16-8-14-7-9(14)6-10(15)11-12(14)17-11/h6,9,11-12H,7-8H2,1-5H3/t9-,11?,12?,14-/m0/s1. The third kappa shape index (κ3) is 1.73. The number of hydrogen-bond acceptors (Lipinski definition) is 2. The highest BCUT2D eigenvalue weighted by atomic mass is 28.4. The molecule has 1 heterocycles. The van der Waals surface area contributed by atoms with E-state index in [1.807, 2.05) is 0 Å². The van der Waals surface area contributed by atoms with Crippen molar-refractivity contribution in [3.05, 3.63) is 11.9 Å². The Morgan fingerprint density at radius 2 is 2.17 bits per heavy atom. The molecule has 1 aliphatic heterocycles. The van der Waals surface area contributed by atoms with Crippen LogP contribution < -0.4 is 0 Å². The lowest BCUT2D eigenvalue weighted by Gasteiger charge is -2.37. The SMILES string of the molecule is CC(C)(C)[Si](C)(C)OC[C@@]12C[C@@H]1C=C(F)C1OC12. The second kappa shape index (κ2) is 3.47. The molecule has 0 aromatic heterocycles. The van der Waals surface area contributed by atoms with Crippen molar-refractivity contribution in [2.75, 3.05) is 6.61 Å². The number of allylic oxidation sites excluding steroid dienone is 1. The van der Waals surface area contributed by atoms with Gasteiger partial charge in [0, 0.05) is 12.0 Å². The largest absolute Gasteiger partial charge is 0.416 e. The van der Waals surface area contributed by atoms with Crippen molar-refractivity contribution >= 4 is 8.32 Å². The fourth-order valence-corrected chi connectivity index (χ4v) is 3.79. The molecule has 4 atom stereocenters. The monoisotopic (exact) mass is 270 g/mol. The fourth-order valence-electron chi connectivity index (χ4n) is 2.73. The van der Waals surface area contributed by atoms with Gasteiger partial charge in [0.1, 0.15) is 11.9 Å². The lowest BCUT2D eigenvalue weighted by atomic mass is 9.93. The van der Waals surface area contributed by atoms with Gasteiger partial charge in [-0.3, -0.25) is 0 Å². The molecular weight excluding hydrogens is 247 g/mol. The van der Waals surface area contributed by atoms with E-state index in [1.165, 1.54) is 0 Å². The molecule has 2 unspecified atom stereocenters. The highest BCUT2D eigenvalue weighted by Crippen LogP contribution is 2.67. The molecule has 0 aromatic carbocycles. The highest BCUT2D eigenvalue weighted by molar-refractivity contribution is 6.74. The van der Waals surface area contributed by atoms with E-state index in [9.17, 15) is 4.39 Å². The number of rotatable bonds is 3. The second-order valence-corrected chi connectivity index (χ2v) is 12.4. The molecule has 3 rings (SSSR count). The van der Waals surface area contributed by atoms with Gasteiger partial charge in [0.2, 0.25) is 0 Å². The van der Waals surface area contributed by atoms with Crippen LogP contribution in [0.2, 0.25) is 18.1 Å². The molecule has 1 saturated heterocycles. The molecule has 0 N–H and O–H groups in total. The summed E-state index contributed by atoms with van der Waals surface area (Å²) >= 11 is 0. The normalized spacial score (nSPS) is 41.9. The first-order valence-electron chi connectivity index (χ1n) is 6.84. The highest BCUT2D eigenvalue weighted by Gasteiger charge is 2.71. The van der Waals surface area contributed by atoms with Crippen molar-refractivity contribution < 1.29 is 13.6 Å². The summed E-state index contributed by atoms with van der Waals surface area (Å²) in [6.07, 6.45) is 2.66. The number of halogens is 1. The Balaban J connectivity index is 1.67. The molecule has 3 aliphatic rings. The molecule has 2 nitrogen and oxygen atoms in total. The summed E-state index contributed by atoms with van der Waals surface area (Å²) in [5, 5.41) is 0.230. The molecule has 2 aliphatic carbocycles. The van der Waals surface area contributed by atoms with Gasteiger partial charge in [-0.15, -0.1) is 0 Å². The van der Waals surface area contributed by atoms with Crippen LogP contribution in [0.1, 0.15) is 27.2 Å². The summed E-state index contributed by atoms with van der Waals surface area (Å²) in [6.45, 7) is 12.0. The van der Waals surface area contributed by atoms with Crippen molar-refractivity contribution in [3.8, 4) is 0 Å².